The van der Waals surface area contributed by atoms with Crippen LogP contribution in [0, 0.1) is 11.8 Å². The Hall–Kier alpha value is -2.73. The summed E-state index contributed by atoms with van der Waals surface area (Å²) in [6.45, 7) is 10.9. The zero-order valence-electron chi connectivity index (χ0n) is 19.1. The Morgan fingerprint density at radius 1 is 1.00 bits per heavy atom. The molecule has 1 N–H and O–H groups in total. The van der Waals surface area contributed by atoms with E-state index in [2.05, 4.69) is 57.8 Å². The summed E-state index contributed by atoms with van der Waals surface area (Å²) in [4.78, 5) is 11.0. The normalized spacial score (nSPS) is 12.6. The summed E-state index contributed by atoms with van der Waals surface area (Å²) in [5.41, 5.74) is 5.05. The Labute approximate surface area is 182 Å². The van der Waals surface area contributed by atoms with E-state index in [0.29, 0.717) is 6.61 Å². The van der Waals surface area contributed by atoms with E-state index in [0.717, 1.165) is 37.0 Å². The Bertz CT molecular complexity index is 810. The molecule has 0 aliphatic carbocycles. The monoisotopic (exact) mass is 408 g/mol. The SMILES string of the molecule is CC#CC(CC(=O)O)c1ccc(OC/C=C(\C)CC/C=C(\C)CCC=C(C)C)cc1. The van der Waals surface area contributed by atoms with Crippen LogP contribution >= 0.6 is 0 Å². The van der Waals surface area contributed by atoms with Gasteiger partial charge in [0.1, 0.15) is 12.4 Å². The molecular weight excluding hydrogens is 372 g/mol. The minimum Gasteiger partial charge on any atom is -0.490 e. The van der Waals surface area contributed by atoms with Crippen LogP contribution in [0.25, 0.3) is 0 Å². The van der Waals surface area contributed by atoms with Gasteiger partial charge in [-0.1, -0.05) is 46.9 Å². The third-order valence-corrected chi connectivity index (χ3v) is 4.78. The highest BCUT2D eigenvalue weighted by Crippen LogP contribution is 2.22. The van der Waals surface area contributed by atoms with Crippen LogP contribution in [0.3, 0.4) is 0 Å². The maximum absolute atomic E-state index is 11.0. The molecule has 0 fully saturated rings. The summed E-state index contributed by atoms with van der Waals surface area (Å²) >= 11 is 0. The van der Waals surface area contributed by atoms with Gasteiger partial charge in [-0.15, -0.1) is 5.92 Å². The maximum atomic E-state index is 11.0. The lowest BCUT2D eigenvalue weighted by molar-refractivity contribution is -0.137. The molecular formula is C27H36O3. The molecule has 162 valence electrons. The van der Waals surface area contributed by atoms with Crippen LogP contribution in [0.15, 0.2) is 59.2 Å². The Morgan fingerprint density at radius 3 is 2.17 bits per heavy atom. The molecule has 1 unspecified atom stereocenters. The lowest BCUT2D eigenvalue weighted by atomic mass is 9.96. The fourth-order valence-corrected chi connectivity index (χ4v) is 3.02. The van der Waals surface area contributed by atoms with Crippen molar-refractivity contribution in [3.05, 3.63) is 64.8 Å². The lowest BCUT2D eigenvalue weighted by Gasteiger charge is -2.10. The highest BCUT2D eigenvalue weighted by molar-refractivity contribution is 5.69. The quantitative estimate of drug-likeness (QED) is 0.297. The van der Waals surface area contributed by atoms with Crippen molar-refractivity contribution in [2.75, 3.05) is 6.61 Å². The molecule has 1 aromatic rings. The first kappa shape index (κ1) is 25.3. The lowest BCUT2D eigenvalue weighted by Crippen LogP contribution is -2.04. The molecule has 0 bridgehead atoms. The van der Waals surface area contributed by atoms with Gasteiger partial charge in [0.05, 0.1) is 12.3 Å². The van der Waals surface area contributed by atoms with Gasteiger partial charge >= 0.3 is 5.97 Å². The molecule has 3 nitrogen and oxygen atoms in total. The van der Waals surface area contributed by atoms with Crippen molar-refractivity contribution >= 4 is 5.97 Å². The van der Waals surface area contributed by atoms with Crippen molar-refractivity contribution in [3.8, 4) is 17.6 Å². The van der Waals surface area contributed by atoms with Crippen molar-refractivity contribution in [1.29, 1.82) is 0 Å². The summed E-state index contributed by atoms with van der Waals surface area (Å²) in [6, 6.07) is 7.55. The van der Waals surface area contributed by atoms with Crippen LogP contribution in [0.4, 0.5) is 0 Å². The Kier molecular flexibility index (Phi) is 12.0. The fraction of sp³-hybridized carbons (Fsp3) is 0.444. The van der Waals surface area contributed by atoms with Gasteiger partial charge in [0.25, 0.3) is 0 Å². The molecule has 0 radical (unpaired) electrons. The second-order valence-electron chi connectivity index (χ2n) is 7.88. The average Bonchev–Trinajstić information content (AvgIpc) is 2.67. The molecule has 0 aliphatic rings. The first-order chi connectivity index (χ1) is 14.3. The van der Waals surface area contributed by atoms with Gasteiger partial charge in [-0.25, -0.2) is 0 Å². The third kappa shape index (κ3) is 11.3. The molecule has 0 spiro atoms. The Balaban J connectivity index is 2.46. The maximum Gasteiger partial charge on any atom is 0.304 e. The van der Waals surface area contributed by atoms with Crippen molar-refractivity contribution < 1.29 is 14.6 Å². The molecule has 0 aliphatic heterocycles. The molecule has 0 amide bonds. The van der Waals surface area contributed by atoms with Crippen LogP contribution in [0.2, 0.25) is 0 Å². The van der Waals surface area contributed by atoms with Crippen molar-refractivity contribution in [2.24, 2.45) is 0 Å². The van der Waals surface area contributed by atoms with E-state index in [9.17, 15) is 4.79 Å². The number of carbonyl (C=O) groups is 1. The zero-order chi connectivity index (χ0) is 22.4. The minimum atomic E-state index is -0.846. The number of hydrogen-bond acceptors (Lipinski definition) is 2. The van der Waals surface area contributed by atoms with E-state index in [-0.39, 0.29) is 12.3 Å². The van der Waals surface area contributed by atoms with Crippen LogP contribution in [0.5, 0.6) is 5.75 Å². The second-order valence-corrected chi connectivity index (χ2v) is 7.88. The van der Waals surface area contributed by atoms with Crippen LogP contribution in [-0.4, -0.2) is 17.7 Å². The van der Waals surface area contributed by atoms with Gasteiger partial charge in [0, 0.05) is 0 Å². The van der Waals surface area contributed by atoms with Gasteiger partial charge < -0.3 is 9.84 Å². The van der Waals surface area contributed by atoms with Gasteiger partial charge in [0.15, 0.2) is 0 Å². The standard InChI is InChI=1S/C27H36O3/c1-6-9-25(20-27(28)29)24-14-16-26(17-15-24)30-19-18-23(5)13-8-12-22(4)11-7-10-21(2)3/h10,12,14-18,25H,7-8,11,13,19-20H2,1-5H3,(H,28,29)/b22-12+,23-18+. The first-order valence-corrected chi connectivity index (χ1v) is 10.6. The molecule has 1 rings (SSSR count). The number of hydrogen-bond donors (Lipinski definition) is 1. The predicted octanol–water partition coefficient (Wildman–Crippen LogP) is 7.07. The predicted molar refractivity (Wildman–Crippen MR) is 126 cm³/mol. The molecule has 0 saturated carbocycles. The number of aliphatic carboxylic acids is 1. The van der Waals surface area contributed by atoms with E-state index in [1.165, 1.54) is 16.7 Å². The number of allylic oxidation sites excluding steroid dienone is 5. The number of carboxylic acids is 1. The fourth-order valence-electron chi connectivity index (χ4n) is 3.02. The zero-order valence-corrected chi connectivity index (χ0v) is 19.1. The first-order valence-electron chi connectivity index (χ1n) is 10.6. The highest BCUT2D eigenvalue weighted by Gasteiger charge is 2.13. The number of benzene rings is 1. The van der Waals surface area contributed by atoms with Gasteiger partial charge in [-0.2, -0.15) is 0 Å². The molecule has 3 heteroatoms. The summed E-state index contributed by atoms with van der Waals surface area (Å²) < 4.78 is 5.80. The van der Waals surface area contributed by atoms with Gasteiger partial charge in [-0.3, -0.25) is 4.79 Å². The van der Waals surface area contributed by atoms with Crippen molar-refractivity contribution in [1.82, 2.24) is 0 Å². The molecule has 0 aromatic heterocycles. The van der Waals surface area contributed by atoms with Crippen molar-refractivity contribution in [3.63, 3.8) is 0 Å². The highest BCUT2D eigenvalue weighted by atomic mass is 16.5. The molecule has 30 heavy (non-hydrogen) atoms. The summed E-state index contributed by atoms with van der Waals surface area (Å²) in [6.07, 6.45) is 11.1. The summed E-state index contributed by atoms with van der Waals surface area (Å²) in [5.74, 6) is 5.41. The largest absolute Gasteiger partial charge is 0.490 e. The molecule has 0 heterocycles. The van der Waals surface area contributed by atoms with Gasteiger partial charge in [-0.05, 0) is 84.1 Å². The van der Waals surface area contributed by atoms with Crippen LogP contribution in [0.1, 0.15) is 78.2 Å². The number of ether oxygens (including phenoxy) is 1. The minimum absolute atomic E-state index is 0.00580. The molecule has 0 saturated heterocycles. The van der Waals surface area contributed by atoms with E-state index in [1.807, 2.05) is 24.3 Å². The number of carboxylic acid groups (broad SMARTS) is 1. The summed E-state index contributed by atoms with van der Waals surface area (Å²) in [5, 5.41) is 9.04. The summed E-state index contributed by atoms with van der Waals surface area (Å²) in [7, 11) is 0. The second kappa shape index (κ2) is 14.3. The van der Waals surface area contributed by atoms with E-state index in [4.69, 9.17) is 9.84 Å². The Morgan fingerprint density at radius 2 is 1.60 bits per heavy atom. The molecule has 1 atom stereocenters. The van der Waals surface area contributed by atoms with E-state index >= 15 is 0 Å². The van der Waals surface area contributed by atoms with Crippen molar-refractivity contribution in [2.45, 2.75) is 72.6 Å². The third-order valence-electron chi connectivity index (χ3n) is 4.78. The molecule has 1 aromatic carbocycles. The smallest absolute Gasteiger partial charge is 0.304 e. The van der Waals surface area contributed by atoms with E-state index in [1.54, 1.807) is 6.92 Å². The van der Waals surface area contributed by atoms with Gasteiger partial charge in [0.2, 0.25) is 0 Å². The van der Waals surface area contributed by atoms with Crippen LogP contribution < -0.4 is 4.74 Å². The topological polar surface area (TPSA) is 46.5 Å². The van der Waals surface area contributed by atoms with E-state index < -0.39 is 5.97 Å². The average molecular weight is 409 g/mol. The number of rotatable bonds is 12. The van der Waals surface area contributed by atoms with Crippen LogP contribution in [-0.2, 0) is 4.79 Å².